The minimum absolute atomic E-state index is 0.147. The van der Waals surface area contributed by atoms with Crippen LogP contribution in [0.5, 0.6) is 0 Å². The van der Waals surface area contributed by atoms with Gasteiger partial charge in [0.2, 0.25) is 0 Å². The number of nitro groups is 1. The third-order valence-electron chi connectivity index (χ3n) is 6.12. The Labute approximate surface area is 167 Å². The maximum Gasteiger partial charge on any atom is 0.416 e. The summed E-state index contributed by atoms with van der Waals surface area (Å²) in [6.07, 6.45) is 1.22. The second-order valence-electron chi connectivity index (χ2n) is 7.92. The van der Waals surface area contributed by atoms with Crippen molar-refractivity contribution in [2.45, 2.75) is 62.8 Å². The summed E-state index contributed by atoms with van der Waals surface area (Å²) in [4.78, 5) is 27.8. The summed E-state index contributed by atoms with van der Waals surface area (Å²) in [5.41, 5.74) is -1.24. The van der Waals surface area contributed by atoms with Gasteiger partial charge < -0.3 is 4.90 Å². The SMILES string of the molecule is CN(C(=O)[C@H](c1cccc(C(F)(F)F)c1)[N+](=O)[O-])C1CCCCC1N1CCCC1. The Balaban J connectivity index is 1.85. The molecule has 0 radical (unpaired) electrons. The second kappa shape index (κ2) is 8.69. The van der Waals surface area contributed by atoms with Gasteiger partial charge in [0.25, 0.3) is 0 Å². The van der Waals surface area contributed by atoms with E-state index in [9.17, 15) is 28.1 Å². The van der Waals surface area contributed by atoms with Gasteiger partial charge in [-0.15, -0.1) is 0 Å². The van der Waals surface area contributed by atoms with Gasteiger partial charge in [-0.05, 0) is 50.9 Å². The predicted molar refractivity (Wildman–Crippen MR) is 101 cm³/mol. The summed E-state index contributed by atoms with van der Waals surface area (Å²) < 4.78 is 39.1. The van der Waals surface area contributed by atoms with Gasteiger partial charge in [0.15, 0.2) is 0 Å². The quantitative estimate of drug-likeness (QED) is 0.543. The van der Waals surface area contributed by atoms with E-state index in [0.29, 0.717) is 6.07 Å². The lowest BCUT2D eigenvalue weighted by molar-refractivity contribution is -0.515. The van der Waals surface area contributed by atoms with Crippen LogP contribution in [0.25, 0.3) is 0 Å². The Bertz CT molecular complexity index is 750. The molecular weight excluding hydrogens is 387 g/mol. The van der Waals surface area contributed by atoms with E-state index < -0.39 is 28.6 Å². The number of likely N-dealkylation sites (N-methyl/N-ethyl adjacent to an activating group) is 1. The molecule has 3 atom stereocenters. The summed E-state index contributed by atoms with van der Waals surface area (Å²) in [6, 6.07) is 2.01. The number of rotatable bonds is 5. The maximum absolute atomic E-state index is 13.1. The van der Waals surface area contributed by atoms with Crippen LogP contribution in [0, 0.1) is 10.1 Å². The summed E-state index contributed by atoms with van der Waals surface area (Å²) in [6.45, 7) is 1.91. The molecule has 1 aliphatic carbocycles. The van der Waals surface area contributed by atoms with Crippen molar-refractivity contribution in [3.63, 3.8) is 0 Å². The van der Waals surface area contributed by atoms with Crippen molar-refractivity contribution in [1.29, 1.82) is 0 Å². The average molecular weight is 413 g/mol. The number of hydrogen-bond acceptors (Lipinski definition) is 4. The van der Waals surface area contributed by atoms with Crippen LogP contribution in [0.4, 0.5) is 13.2 Å². The Morgan fingerprint density at radius 2 is 1.86 bits per heavy atom. The standard InChI is InChI=1S/C20H26F3N3O3/c1-24(16-9-2-3-10-17(16)25-11-4-5-12-25)19(27)18(26(28)29)14-7-6-8-15(13-14)20(21,22)23/h6-8,13,16-18H,2-5,9-12H2,1H3/t16?,17?,18-/m0/s1. The van der Waals surface area contributed by atoms with Crippen molar-refractivity contribution in [2.24, 2.45) is 0 Å². The molecule has 1 saturated carbocycles. The first-order valence-electron chi connectivity index (χ1n) is 10.0. The summed E-state index contributed by atoms with van der Waals surface area (Å²) in [5.74, 6) is -0.759. The van der Waals surface area contributed by atoms with Crippen LogP contribution in [0.2, 0.25) is 0 Å². The molecule has 1 aromatic carbocycles. The van der Waals surface area contributed by atoms with E-state index in [1.165, 1.54) is 11.0 Å². The van der Waals surface area contributed by atoms with Gasteiger partial charge in [-0.2, -0.15) is 13.2 Å². The highest BCUT2D eigenvalue weighted by atomic mass is 19.4. The molecule has 3 rings (SSSR count). The van der Waals surface area contributed by atoms with Gasteiger partial charge in [-0.25, -0.2) is 0 Å². The van der Waals surface area contributed by atoms with Crippen molar-refractivity contribution < 1.29 is 22.9 Å². The average Bonchev–Trinajstić information content (AvgIpc) is 3.21. The minimum Gasteiger partial charge on any atom is -0.335 e. The smallest absolute Gasteiger partial charge is 0.335 e. The number of likely N-dealkylation sites (tertiary alicyclic amines) is 1. The predicted octanol–water partition coefficient (Wildman–Crippen LogP) is 3.89. The van der Waals surface area contributed by atoms with E-state index in [0.717, 1.165) is 63.7 Å². The summed E-state index contributed by atoms with van der Waals surface area (Å²) in [7, 11) is 1.55. The third kappa shape index (κ3) is 4.71. The summed E-state index contributed by atoms with van der Waals surface area (Å²) >= 11 is 0. The normalized spacial score (nSPS) is 24.3. The van der Waals surface area contributed by atoms with Crippen LogP contribution in [-0.4, -0.2) is 52.9 Å². The molecule has 2 aliphatic rings. The fourth-order valence-electron chi connectivity index (χ4n) is 4.64. The number of nitrogens with zero attached hydrogens (tertiary/aromatic N) is 3. The molecule has 1 aliphatic heterocycles. The Hall–Kier alpha value is -2.16. The van der Waals surface area contributed by atoms with E-state index in [-0.39, 0.29) is 17.6 Å². The van der Waals surface area contributed by atoms with Gasteiger partial charge in [0, 0.05) is 29.6 Å². The minimum atomic E-state index is -4.63. The molecule has 2 fully saturated rings. The molecule has 1 aromatic rings. The Morgan fingerprint density at radius 3 is 2.48 bits per heavy atom. The van der Waals surface area contributed by atoms with E-state index >= 15 is 0 Å². The highest BCUT2D eigenvalue weighted by Gasteiger charge is 2.42. The molecule has 160 valence electrons. The zero-order valence-corrected chi connectivity index (χ0v) is 16.4. The number of benzene rings is 1. The fraction of sp³-hybridized carbons (Fsp3) is 0.650. The molecule has 29 heavy (non-hydrogen) atoms. The molecule has 0 spiro atoms. The Morgan fingerprint density at radius 1 is 1.21 bits per heavy atom. The van der Waals surface area contributed by atoms with Crippen molar-refractivity contribution in [1.82, 2.24) is 9.80 Å². The fourth-order valence-corrected chi connectivity index (χ4v) is 4.64. The molecule has 9 heteroatoms. The van der Waals surface area contributed by atoms with E-state index in [1.807, 2.05) is 0 Å². The van der Waals surface area contributed by atoms with Crippen molar-refractivity contribution >= 4 is 5.91 Å². The molecule has 1 amide bonds. The number of halogens is 3. The Kier molecular flexibility index (Phi) is 6.45. The highest BCUT2D eigenvalue weighted by Crippen LogP contribution is 2.33. The monoisotopic (exact) mass is 413 g/mol. The number of carbonyl (C=O) groups excluding carboxylic acids is 1. The summed E-state index contributed by atoms with van der Waals surface area (Å²) in [5, 5.41) is 11.7. The zero-order valence-electron chi connectivity index (χ0n) is 16.4. The molecule has 1 saturated heterocycles. The highest BCUT2D eigenvalue weighted by molar-refractivity contribution is 5.82. The number of hydrogen-bond donors (Lipinski definition) is 0. The molecule has 0 aromatic heterocycles. The lowest BCUT2D eigenvalue weighted by Gasteiger charge is -2.42. The van der Waals surface area contributed by atoms with Crippen LogP contribution >= 0.6 is 0 Å². The number of carbonyl (C=O) groups is 1. The van der Waals surface area contributed by atoms with Crippen LogP contribution in [-0.2, 0) is 11.0 Å². The lowest BCUT2D eigenvalue weighted by atomic mass is 9.87. The van der Waals surface area contributed by atoms with Gasteiger partial charge >= 0.3 is 18.1 Å². The molecule has 2 unspecified atom stereocenters. The molecule has 6 nitrogen and oxygen atoms in total. The van der Waals surface area contributed by atoms with Crippen LogP contribution in [0.15, 0.2) is 24.3 Å². The molecular formula is C20H26F3N3O3. The van der Waals surface area contributed by atoms with Crippen LogP contribution in [0.3, 0.4) is 0 Å². The largest absolute Gasteiger partial charge is 0.416 e. The second-order valence-corrected chi connectivity index (χ2v) is 7.92. The first kappa shape index (κ1) is 21.5. The molecule has 0 N–H and O–H groups in total. The topological polar surface area (TPSA) is 66.7 Å². The first-order chi connectivity index (χ1) is 13.7. The van der Waals surface area contributed by atoms with Gasteiger partial charge in [-0.3, -0.25) is 19.8 Å². The van der Waals surface area contributed by atoms with Crippen molar-refractivity contribution in [3.8, 4) is 0 Å². The van der Waals surface area contributed by atoms with Gasteiger partial charge in [0.05, 0.1) is 5.56 Å². The first-order valence-corrected chi connectivity index (χ1v) is 10.0. The lowest BCUT2D eigenvalue weighted by Crippen LogP contribution is -2.54. The molecule has 0 bridgehead atoms. The van der Waals surface area contributed by atoms with E-state index in [1.54, 1.807) is 7.05 Å². The number of alkyl halides is 3. The van der Waals surface area contributed by atoms with Crippen molar-refractivity contribution in [2.75, 3.05) is 20.1 Å². The molecule has 1 heterocycles. The maximum atomic E-state index is 13.1. The van der Waals surface area contributed by atoms with Gasteiger partial charge in [-0.1, -0.05) is 25.0 Å². The van der Waals surface area contributed by atoms with E-state index in [2.05, 4.69) is 4.90 Å². The zero-order chi connectivity index (χ0) is 21.2. The van der Waals surface area contributed by atoms with Crippen LogP contribution < -0.4 is 0 Å². The van der Waals surface area contributed by atoms with Crippen molar-refractivity contribution in [3.05, 3.63) is 45.5 Å². The van der Waals surface area contributed by atoms with Gasteiger partial charge in [0.1, 0.15) is 0 Å². The third-order valence-corrected chi connectivity index (χ3v) is 6.12. The van der Waals surface area contributed by atoms with E-state index in [4.69, 9.17) is 0 Å². The van der Waals surface area contributed by atoms with Crippen LogP contribution in [0.1, 0.15) is 55.7 Å². The number of amides is 1.